The molecule has 0 spiro atoms. The summed E-state index contributed by atoms with van der Waals surface area (Å²) in [6.07, 6.45) is -33.0. The molecule has 2 aliphatic heterocycles. The molecule has 0 aromatic carbocycles. The molecule has 0 aromatic heterocycles. The van der Waals surface area contributed by atoms with Crippen LogP contribution >= 0.6 is 0 Å². The molecule has 22 heteroatoms. The lowest BCUT2D eigenvalue weighted by atomic mass is 9.56. The maximum absolute atomic E-state index is 13.9. The fourth-order valence-corrected chi connectivity index (χ4v) is 13.4. The second-order valence-electron chi connectivity index (χ2n) is 21.1. The summed E-state index contributed by atoms with van der Waals surface area (Å²) < 4.78 is 25.5. The normalized spacial score (nSPS) is 55.8. The van der Waals surface area contributed by atoms with Gasteiger partial charge in [0.1, 0.15) is 36.6 Å². The first kappa shape index (κ1) is 50.6. The number of ether oxygens (including phenoxy) is 4. The van der Waals surface area contributed by atoms with Crippen LogP contribution < -0.4 is 0 Å². The Morgan fingerprint density at radius 2 is 0.652 bits per heavy atom. The third kappa shape index (κ3) is 9.80. The first-order chi connectivity index (χ1) is 31.1. The van der Waals surface area contributed by atoms with Crippen molar-refractivity contribution in [3.05, 3.63) is 0 Å². The minimum Gasteiger partial charge on any atom is -0.459 e. The molecule has 0 radical (unpaired) electrons. The van der Waals surface area contributed by atoms with E-state index in [1.807, 2.05) is 0 Å². The summed E-state index contributed by atoms with van der Waals surface area (Å²) in [6, 6.07) is 0. The number of carbonyl (C=O) groups is 2. The number of aliphatic hydroxyl groups excluding tert-OH is 16. The van der Waals surface area contributed by atoms with Crippen LogP contribution in [0.25, 0.3) is 0 Å². The van der Waals surface area contributed by atoms with Gasteiger partial charge in [-0.1, -0.05) is 0 Å². The molecule has 8 aliphatic rings. The molecule has 23 unspecified atom stereocenters. The fraction of sp³-hybridized carbons (Fsp3) is 0.955. The highest BCUT2D eigenvalue weighted by atomic mass is 16.6. The van der Waals surface area contributed by atoms with Crippen molar-refractivity contribution in [1.82, 2.24) is 0 Å². The smallest absolute Gasteiger partial charge is 0.309 e. The van der Waals surface area contributed by atoms with Gasteiger partial charge in [0.25, 0.3) is 0 Å². The summed E-state index contributed by atoms with van der Waals surface area (Å²) in [4.78, 5) is 27.9. The summed E-state index contributed by atoms with van der Waals surface area (Å²) in [5.41, 5.74) is 0. The zero-order valence-corrected chi connectivity index (χ0v) is 36.4. The Bertz CT molecular complexity index is 1530. The molecule has 66 heavy (non-hydrogen) atoms. The van der Waals surface area contributed by atoms with E-state index < -0.39 is 194 Å². The summed E-state index contributed by atoms with van der Waals surface area (Å²) in [7, 11) is 0. The zero-order chi connectivity index (χ0) is 47.8. The van der Waals surface area contributed by atoms with Crippen molar-refractivity contribution in [2.45, 2.75) is 211 Å². The van der Waals surface area contributed by atoms with Crippen LogP contribution in [-0.4, -0.2) is 228 Å². The van der Waals surface area contributed by atoms with Gasteiger partial charge in [-0.05, 0) is 101 Å². The Morgan fingerprint density at radius 3 is 0.985 bits per heavy atom. The highest BCUT2D eigenvalue weighted by molar-refractivity contribution is 5.73. The Kier molecular flexibility index (Phi) is 15.4. The third-order valence-corrected chi connectivity index (χ3v) is 16.8. The van der Waals surface area contributed by atoms with Gasteiger partial charge >= 0.3 is 11.9 Å². The standard InChI is InChI=1S/C44H70O22/c45-15-5-21(47)17-11-31(65-43(61)13-1-23(49)35(55)24(50)2-13)41(63-29(17)7-15)19-9-27(53)37(57)39(59)33(19)34-20(10-28(54)38(58)40(34)60)42-32(12-18-22(48)6-16(46)8-30(18)64-42)66-44(62)14-3-25(51)36(56)26(52)4-14/h13-42,45-60H,1-12H2/t13?,14?,15?,16?,17?,18?,19?,20?,21?,22?,23?,24?,25?,26?,27?,28?,29?,30?,31-,32?,33?,34?,35?,36?,37?,38?,39?,40?,41-,42+/m0/s1. The molecule has 2 heterocycles. The maximum Gasteiger partial charge on any atom is 0.309 e. The topological polar surface area (TPSA) is 395 Å². The van der Waals surface area contributed by atoms with Crippen molar-refractivity contribution in [2.75, 3.05) is 0 Å². The molecular formula is C44H70O22. The SMILES string of the molecule is O=C(OC1CC2C(O)CC(O)CC2O[C@@H]1C1CC(O)C(O)C(O)C1C1C(O)C(O)C(O)CC1[C@@H]1OC2CC(O)CC(O)C2C[C@@H]1OC(=O)C1CC(O)C(O)C(O)C1)C1CC(O)C(O)C(O)C1. The number of aliphatic hydroxyl groups is 16. The van der Waals surface area contributed by atoms with E-state index >= 15 is 0 Å². The van der Waals surface area contributed by atoms with Crippen LogP contribution in [0, 0.1) is 47.3 Å². The van der Waals surface area contributed by atoms with Gasteiger partial charge in [-0.25, -0.2) is 0 Å². The van der Waals surface area contributed by atoms with Crippen molar-refractivity contribution in [2.24, 2.45) is 47.3 Å². The average Bonchev–Trinajstić information content (AvgIpc) is 3.25. The van der Waals surface area contributed by atoms with E-state index in [1.165, 1.54) is 0 Å². The predicted molar refractivity (Wildman–Crippen MR) is 217 cm³/mol. The van der Waals surface area contributed by atoms with Gasteiger partial charge in [-0.15, -0.1) is 0 Å². The zero-order valence-electron chi connectivity index (χ0n) is 36.4. The number of esters is 2. The van der Waals surface area contributed by atoms with Crippen molar-refractivity contribution in [1.29, 1.82) is 0 Å². The average molecular weight is 951 g/mol. The lowest BCUT2D eigenvalue weighted by Crippen LogP contribution is -2.67. The molecule has 16 N–H and O–H groups in total. The Labute approximate surface area is 380 Å². The van der Waals surface area contributed by atoms with E-state index in [0.717, 1.165) is 0 Å². The lowest BCUT2D eigenvalue weighted by Gasteiger charge is -2.57. The van der Waals surface area contributed by atoms with Gasteiger partial charge in [0.05, 0.1) is 109 Å². The fourth-order valence-electron chi connectivity index (χ4n) is 13.4. The molecule has 22 nitrogen and oxygen atoms in total. The summed E-state index contributed by atoms with van der Waals surface area (Å²) in [6.45, 7) is 0. The number of rotatable bonds is 7. The van der Waals surface area contributed by atoms with Gasteiger partial charge in [-0.3, -0.25) is 9.59 Å². The third-order valence-electron chi connectivity index (χ3n) is 16.8. The van der Waals surface area contributed by atoms with Crippen molar-refractivity contribution >= 4 is 11.9 Å². The molecule has 0 aromatic rings. The maximum atomic E-state index is 13.9. The van der Waals surface area contributed by atoms with Crippen LogP contribution in [0.1, 0.15) is 77.0 Å². The molecule has 378 valence electrons. The first-order valence-electron chi connectivity index (χ1n) is 23.7. The quantitative estimate of drug-likeness (QED) is 0.106. The van der Waals surface area contributed by atoms with E-state index in [0.29, 0.717) is 0 Å². The minimum absolute atomic E-state index is 0.0203. The minimum atomic E-state index is -1.93. The van der Waals surface area contributed by atoms with E-state index in [4.69, 9.17) is 18.9 Å². The van der Waals surface area contributed by atoms with Crippen LogP contribution in [-0.2, 0) is 28.5 Å². The van der Waals surface area contributed by atoms with Gasteiger partial charge in [0.15, 0.2) is 0 Å². The van der Waals surface area contributed by atoms with E-state index in [-0.39, 0.29) is 77.0 Å². The van der Waals surface area contributed by atoms with Crippen LogP contribution in [0.4, 0.5) is 0 Å². The van der Waals surface area contributed by atoms with Crippen molar-refractivity contribution in [3.63, 3.8) is 0 Å². The summed E-state index contributed by atoms with van der Waals surface area (Å²) >= 11 is 0. The number of hydrogen-bond acceptors (Lipinski definition) is 22. The number of hydrogen-bond donors (Lipinski definition) is 16. The molecule has 8 fully saturated rings. The largest absolute Gasteiger partial charge is 0.459 e. The van der Waals surface area contributed by atoms with Gasteiger partial charge < -0.3 is 101 Å². The molecule has 0 amide bonds. The molecule has 2 saturated heterocycles. The Balaban J connectivity index is 1.16. The Morgan fingerprint density at radius 1 is 0.333 bits per heavy atom. The van der Waals surface area contributed by atoms with E-state index in [2.05, 4.69) is 0 Å². The molecule has 26 atom stereocenters. The van der Waals surface area contributed by atoms with E-state index in [1.54, 1.807) is 0 Å². The van der Waals surface area contributed by atoms with Crippen LogP contribution in [0.5, 0.6) is 0 Å². The predicted octanol–water partition coefficient (Wildman–Crippen LogP) is -6.19. The highest BCUT2D eigenvalue weighted by Gasteiger charge is 2.62. The van der Waals surface area contributed by atoms with Crippen molar-refractivity contribution in [3.8, 4) is 0 Å². The summed E-state index contributed by atoms with van der Waals surface area (Å²) in [5, 5.41) is 176. The van der Waals surface area contributed by atoms with Crippen LogP contribution in [0.3, 0.4) is 0 Å². The number of fused-ring (bicyclic) bond motifs is 2. The van der Waals surface area contributed by atoms with E-state index in [9.17, 15) is 91.3 Å². The van der Waals surface area contributed by atoms with Crippen LogP contribution in [0.2, 0.25) is 0 Å². The van der Waals surface area contributed by atoms with Gasteiger partial charge in [0.2, 0.25) is 0 Å². The van der Waals surface area contributed by atoms with Gasteiger partial charge in [-0.2, -0.15) is 0 Å². The molecule has 0 bridgehead atoms. The van der Waals surface area contributed by atoms with Gasteiger partial charge in [0, 0.05) is 11.8 Å². The summed E-state index contributed by atoms with van der Waals surface area (Å²) in [5.74, 6) is -10.7. The van der Waals surface area contributed by atoms with Crippen molar-refractivity contribution < 1.29 is 110 Å². The molecule has 6 aliphatic carbocycles. The molecule has 8 rings (SSSR count). The second-order valence-corrected chi connectivity index (χ2v) is 21.1. The molecule has 6 saturated carbocycles. The first-order valence-corrected chi connectivity index (χ1v) is 23.7. The number of carbonyl (C=O) groups excluding carboxylic acids is 2. The lowest BCUT2D eigenvalue weighted by molar-refractivity contribution is -0.273. The molecular weight excluding hydrogens is 880 g/mol. The second kappa shape index (κ2) is 20.1. The van der Waals surface area contributed by atoms with Crippen LogP contribution in [0.15, 0.2) is 0 Å². The highest BCUT2D eigenvalue weighted by Crippen LogP contribution is 2.53. The monoisotopic (exact) mass is 950 g/mol. The Hall–Kier alpha value is -1.78.